The van der Waals surface area contributed by atoms with E-state index in [0.717, 1.165) is 69.4 Å². The minimum Gasteiger partial charge on any atom is -0.489 e. The zero-order valence-corrected chi connectivity index (χ0v) is 31.1. The summed E-state index contributed by atoms with van der Waals surface area (Å²) in [6, 6.07) is 67.2. The maximum absolute atomic E-state index is 6.22. The first-order valence-corrected chi connectivity index (χ1v) is 19.2. The monoisotopic (exact) mass is 730 g/mol. The number of ether oxygens (including phenoxy) is 2. The average molecular weight is 731 g/mol. The van der Waals surface area contributed by atoms with Crippen molar-refractivity contribution in [1.82, 2.24) is 0 Å². The first-order valence-electron chi connectivity index (χ1n) is 19.2. The van der Waals surface area contributed by atoms with Crippen LogP contribution >= 0.6 is 0 Å². The molecule has 2 atom stereocenters. The van der Waals surface area contributed by atoms with Crippen molar-refractivity contribution in [2.45, 2.75) is 38.1 Å². The van der Waals surface area contributed by atoms with Crippen molar-refractivity contribution in [3.8, 4) is 11.5 Å². The Labute approximate surface area is 328 Å². The molecule has 9 rings (SSSR count). The second-order valence-corrected chi connectivity index (χ2v) is 14.2. The normalized spacial score (nSPS) is 16.4. The molecular formula is C50H42N4O2. The van der Waals surface area contributed by atoms with Gasteiger partial charge in [-0.15, -0.1) is 0 Å². The van der Waals surface area contributed by atoms with E-state index in [2.05, 4.69) is 180 Å². The summed E-state index contributed by atoms with van der Waals surface area (Å²) >= 11 is 0. The maximum Gasteiger partial charge on any atom is 0.119 e. The largest absolute Gasteiger partial charge is 0.489 e. The van der Waals surface area contributed by atoms with Crippen LogP contribution in [-0.4, -0.2) is 11.4 Å². The van der Waals surface area contributed by atoms with Gasteiger partial charge in [0.25, 0.3) is 0 Å². The van der Waals surface area contributed by atoms with Crippen molar-refractivity contribution < 1.29 is 9.47 Å². The third kappa shape index (κ3) is 7.82. The Kier molecular flexibility index (Phi) is 10.1. The van der Waals surface area contributed by atoms with Crippen LogP contribution in [0.15, 0.2) is 204 Å². The average Bonchev–Trinajstić information content (AvgIpc) is 3.94. The second kappa shape index (κ2) is 16.2. The van der Waals surface area contributed by atoms with Gasteiger partial charge in [-0.1, -0.05) is 146 Å². The molecule has 56 heavy (non-hydrogen) atoms. The first-order chi connectivity index (χ1) is 27.7. The Balaban J connectivity index is 0.794. The molecule has 0 amide bonds. The summed E-state index contributed by atoms with van der Waals surface area (Å²) in [4.78, 5) is 0. The van der Waals surface area contributed by atoms with Crippen LogP contribution in [0.4, 0.5) is 11.4 Å². The maximum atomic E-state index is 6.22. The molecule has 7 aromatic rings. The van der Waals surface area contributed by atoms with Crippen molar-refractivity contribution in [3.05, 3.63) is 228 Å². The van der Waals surface area contributed by atoms with Gasteiger partial charge in [-0.3, -0.25) is 10.0 Å². The van der Waals surface area contributed by atoms with Crippen molar-refractivity contribution in [2.24, 2.45) is 10.2 Å². The molecule has 0 saturated carbocycles. The van der Waals surface area contributed by atoms with Crippen molar-refractivity contribution >= 4 is 22.8 Å². The molecule has 0 saturated heterocycles. The van der Waals surface area contributed by atoms with Crippen LogP contribution in [0.25, 0.3) is 0 Å². The van der Waals surface area contributed by atoms with Crippen molar-refractivity contribution in [2.75, 3.05) is 10.0 Å². The second-order valence-electron chi connectivity index (χ2n) is 14.2. The first kappa shape index (κ1) is 34.8. The Hall–Kier alpha value is -6.92. The van der Waals surface area contributed by atoms with Crippen LogP contribution < -0.4 is 19.5 Å². The van der Waals surface area contributed by atoms with Crippen LogP contribution in [0.3, 0.4) is 0 Å². The van der Waals surface area contributed by atoms with Gasteiger partial charge in [0, 0.05) is 12.8 Å². The molecule has 0 aliphatic carbocycles. The molecule has 0 N–H and O–H groups in total. The van der Waals surface area contributed by atoms with Gasteiger partial charge in [0.15, 0.2) is 0 Å². The predicted molar refractivity (Wildman–Crippen MR) is 227 cm³/mol. The van der Waals surface area contributed by atoms with Gasteiger partial charge in [0.05, 0.1) is 34.9 Å². The lowest BCUT2D eigenvalue weighted by atomic mass is 9.98. The number of hydrogen-bond donors (Lipinski definition) is 0. The lowest BCUT2D eigenvalue weighted by Gasteiger charge is -2.24. The van der Waals surface area contributed by atoms with E-state index in [4.69, 9.17) is 19.7 Å². The third-order valence-electron chi connectivity index (χ3n) is 10.4. The Bertz CT molecular complexity index is 2230. The minimum absolute atomic E-state index is 0.106. The molecule has 274 valence electrons. The molecule has 0 unspecified atom stereocenters. The SMILES string of the molecule is c1ccc(C2=NN(c3ccccc3)[C@@H](c3ccc(OCc4ccc(COc5ccc([C@@H]6CC(c7ccccc7)=NN6c6ccccc6)cc5)cc4)cc3)C2)cc1. The smallest absolute Gasteiger partial charge is 0.119 e. The number of anilines is 2. The zero-order valence-electron chi connectivity index (χ0n) is 31.1. The highest BCUT2D eigenvalue weighted by Crippen LogP contribution is 2.38. The molecule has 0 aromatic heterocycles. The van der Waals surface area contributed by atoms with Gasteiger partial charge in [-0.05, 0) is 81.9 Å². The third-order valence-corrected chi connectivity index (χ3v) is 10.4. The molecule has 2 heterocycles. The Morgan fingerprint density at radius 2 is 0.732 bits per heavy atom. The van der Waals surface area contributed by atoms with E-state index in [-0.39, 0.29) is 12.1 Å². The molecule has 6 nitrogen and oxygen atoms in total. The Morgan fingerprint density at radius 3 is 1.09 bits per heavy atom. The van der Waals surface area contributed by atoms with E-state index >= 15 is 0 Å². The fourth-order valence-corrected chi connectivity index (χ4v) is 7.42. The summed E-state index contributed by atoms with van der Waals surface area (Å²) in [6.45, 7) is 0.972. The molecule has 6 heteroatoms. The zero-order chi connectivity index (χ0) is 37.5. The molecule has 0 radical (unpaired) electrons. The molecule has 0 bridgehead atoms. The van der Waals surface area contributed by atoms with Crippen molar-refractivity contribution in [3.63, 3.8) is 0 Å². The van der Waals surface area contributed by atoms with Gasteiger partial charge in [-0.2, -0.15) is 10.2 Å². The number of hydrazone groups is 2. The summed E-state index contributed by atoms with van der Waals surface area (Å²) in [7, 11) is 0. The van der Waals surface area contributed by atoms with Gasteiger partial charge in [0.2, 0.25) is 0 Å². The standard InChI is InChI=1S/C50H42N4O2/c1-5-13-39(14-6-1)47-33-49(53(51-47)43-17-9-3-10-18-43)41-25-29-45(30-26-41)55-35-37-21-23-38(24-22-37)36-56-46-31-27-42(28-32-46)50-34-48(40-15-7-2-8-16-40)52-54(50)44-19-11-4-12-20-44/h1-32,49-50H,33-36H2/t49-,50+. The van der Waals surface area contributed by atoms with Crippen LogP contribution in [-0.2, 0) is 13.2 Å². The van der Waals surface area contributed by atoms with Crippen LogP contribution in [0, 0.1) is 0 Å². The Morgan fingerprint density at radius 1 is 0.393 bits per heavy atom. The number of nitrogens with zero attached hydrogens (tertiary/aromatic N) is 4. The quantitative estimate of drug-likeness (QED) is 0.126. The van der Waals surface area contributed by atoms with Crippen molar-refractivity contribution in [1.29, 1.82) is 0 Å². The molecule has 0 fully saturated rings. The fraction of sp³-hybridized carbons (Fsp3) is 0.120. The van der Waals surface area contributed by atoms with Gasteiger partial charge in [-0.25, -0.2) is 0 Å². The van der Waals surface area contributed by atoms with Crippen LogP contribution in [0.1, 0.15) is 58.3 Å². The van der Waals surface area contributed by atoms with E-state index in [1.165, 1.54) is 11.1 Å². The molecular weight excluding hydrogens is 689 g/mol. The molecule has 7 aromatic carbocycles. The van der Waals surface area contributed by atoms with Gasteiger partial charge in [0.1, 0.15) is 24.7 Å². The van der Waals surface area contributed by atoms with E-state index < -0.39 is 0 Å². The number of hydrogen-bond acceptors (Lipinski definition) is 6. The predicted octanol–water partition coefficient (Wildman–Crippen LogP) is 11.6. The van der Waals surface area contributed by atoms with Crippen LogP contribution in [0.2, 0.25) is 0 Å². The number of benzene rings is 7. The van der Waals surface area contributed by atoms with E-state index in [1.54, 1.807) is 0 Å². The van der Waals surface area contributed by atoms with Gasteiger partial charge < -0.3 is 9.47 Å². The van der Waals surface area contributed by atoms with E-state index in [1.807, 2.05) is 24.3 Å². The molecule has 2 aliphatic heterocycles. The van der Waals surface area contributed by atoms with E-state index in [0.29, 0.717) is 13.2 Å². The summed E-state index contributed by atoms with van der Waals surface area (Å²) in [5.41, 5.74) is 11.3. The number of rotatable bonds is 12. The number of para-hydroxylation sites is 2. The summed E-state index contributed by atoms with van der Waals surface area (Å²) in [5.74, 6) is 1.68. The van der Waals surface area contributed by atoms with Gasteiger partial charge >= 0.3 is 0 Å². The highest BCUT2D eigenvalue weighted by Gasteiger charge is 2.31. The highest BCUT2D eigenvalue weighted by molar-refractivity contribution is 6.04. The summed E-state index contributed by atoms with van der Waals surface area (Å²) < 4.78 is 12.4. The molecule has 2 aliphatic rings. The lowest BCUT2D eigenvalue weighted by Crippen LogP contribution is -2.18. The van der Waals surface area contributed by atoms with Crippen LogP contribution in [0.5, 0.6) is 11.5 Å². The highest BCUT2D eigenvalue weighted by atomic mass is 16.5. The topological polar surface area (TPSA) is 49.7 Å². The summed E-state index contributed by atoms with van der Waals surface area (Å²) in [5, 5.41) is 14.4. The lowest BCUT2D eigenvalue weighted by molar-refractivity contribution is 0.302. The summed E-state index contributed by atoms with van der Waals surface area (Å²) in [6.07, 6.45) is 1.67. The van der Waals surface area contributed by atoms with E-state index in [9.17, 15) is 0 Å². The minimum atomic E-state index is 0.106. The molecule has 0 spiro atoms. The fourth-order valence-electron chi connectivity index (χ4n) is 7.42.